The van der Waals surface area contributed by atoms with Gasteiger partial charge in [-0.2, -0.15) is 5.26 Å². The number of hydrogen-bond acceptors (Lipinski definition) is 7. The van der Waals surface area contributed by atoms with Crippen LogP contribution in [0.3, 0.4) is 0 Å². The number of carbonyl (C=O) groups is 1. The van der Waals surface area contributed by atoms with E-state index in [1.807, 2.05) is 60.9 Å². The van der Waals surface area contributed by atoms with E-state index in [0.717, 1.165) is 22.4 Å². The number of nitriles is 1. The molecule has 2 aromatic heterocycles. The van der Waals surface area contributed by atoms with E-state index in [2.05, 4.69) is 27.3 Å². The molecule has 0 aliphatic heterocycles. The Morgan fingerprint density at radius 2 is 1.97 bits per heavy atom. The van der Waals surface area contributed by atoms with E-state index in [1.165, 1.54) is 11.8 Å². The van der Waals surface area contributed by atoms with E-state index in [4.69, 9.17) is 10.00 Å². The lowest BCUT2D eigenvalue weighted by molar-refractivity contribution is -0.116. The third-order valence-corrected chi connectivity index (χ3v) is 6.51. The number of hydrogen-bond donors (Lipinski definition) is 0. The molecule has 0 aliphatic carbocycles. The number of anilines is 1. The van der Waals surface area contributed by atoms with Crippen LogP contribution in [0.25, 0.3) is 17.1 Å². The van der Waals surface area contributed by atoms with Gasteiger partial charge in [0.1, 0.15) is 5.75 Å². The molecule has 0 spiro atoms. The maximum absolute atomic E-state index is 13.4. The van der Waals surface area contributed by atoms with Gasteiger partial charge >= 0.3 is 0 Å². The molecule has 0 unspecified atom stereocenters. The standard InChI is InChI=1S/C27H26N6O2S/c1-19-11-12-22(20(2)16-19)33-26(21-8-6-14-29-17-21)30-31-27(33)36-18-25(34)32(15-7-13-28)23-9-4-5-10-24(23)35-3/h4-6,8-12,14,16-17H,7,15,18H2,1-3H3. The molecule has 0 saturated heterocycles. The van der Waals surface area contributed by atoms with Crippen LogP contribution in [0.1, 0.15) is 17.5 Å². The maximum atomic E-state index is 13.4. The van der Waals surface area contributed by atoms with Gasteiger partial charge in [-0.1, -0.05) is 41.6 Å². The maximum Gasteiger partial charge on any atom is 0.237 e. The van der Waals surface area contributed by atoms with E-state index in [1.54, 1.807) is 30.5 Å². The zero-order valence-electron chi connectivity index (χ0n) is 20.4. The second-order valence-corrected chi connectivity index (χ2v) is 9.03. The largest absolute Gasteiger partial charge is 0.495 e. The number of rotatable bonds is 9. The summed E-state index contributed by atoms with van der Waals surface area (Å²) in [5.41, 5.74) is 4.62. The number of methoxy groups -OCH3 is 1. The molecule has 0 radical (unpaired) electrons. The molecule has 36 heavy (non-hydrogen) atoms. The molecule has 0 bridgehead atoms. The van der Waals surface area contributed by atoms with Crippen molar-refractivity contribution in [3.05, 3.63) is 78.1 Å². The number of aromatic nitrogens is 4. The smallest absolute Gasteiger partial charge is 0.237 e. The van der Waals surface area contributed by atoms with Crippen molar-refractivity contribution in [1.82, 2.24) is 19.7 Å². The molecule has 0 atom stereocenters. The normalized spacial score (nSPS) is 10.6. The molecule has 4 rings (SSSR count). The lowest BCUT2D eigenvalue weighted by Crippen LogP contribution is -2.33. The fourth-order valence-electron chi connectivity index (χ4n) is 3.92. The number of ether oxygens (including phenoxy) is 1. The fraction of sp³-hybridized carbons (Fsp3) is 0.222. The quantitative estimate of drug-likeness (QED) is 0.300. The van der Waals surface area contributed by atoms with Gasteiger partial charge in [-0.25, -0.2) is 0 Å². The summed E-state index contributed by atoms with van der Waals surface area (Å²) in [7, 11) is 1.56. The second kappa shape index (κ2) is 11.5. The number of para-hydroxylation sites is 2. The van der Waals surface area contributed by atoms with Crippen molar-refractivity contribution in [3.8, 4) is 28.9 Å². The zero-order valence-corrected chi connectivity index (χ0v) is 21.2. The molecule has 0 saturated carbocycles. The molecule has 2 heterocycles. The van der Waals surface area contributed by atoms with Gasteiger partial charge in [-0.15, -0.1) is 10.2 Å². The number of carbonyl (C=O) groups excluding carboxylic acids is 1. The summed E-state index contributed by atoms with van der Waals surface area (Å²) in [5, 5.41) is 18.6. The van der Waals surface area contributed by atoms with Gasteiger partial charge in [-0.05, 0) is 49.7 Å². The highest BCUT2D eigenvalue weighted by molar-refractivity contribution is 7.99. The zero-order chi connectivity index (χ0) is 25.5. The van der Waals surface area contributed by atoms with Gasteiger partial charge in [0.2, 0.25) is 5.91 Å². The third kappa shape index (κ3) is 5.39. The average Bonchev–Trinajstić information content (AvgIpc) is 3.32. The highest BCUT2D eigenvalue weighted by Gasteiger charge is 2.22. The van der Waals surface area contributed by atoms with Crippen LogP contribution in [0.15, 0.2) is 72.1 Å². The molecule has 1 amide bonds. The highest BCUT2D eigenvalue weighted by atomic mass is 32.2. The predicted octanol–water partition coefficient (Wildman–Crippen LogP) is 4.99. The molecule has 8 nitrogen and oxygen atoms in total. The Labute approximate surface area is 214 Å². The number of pyridine rings is 1. The van der Waals surface area contributed by atoms with E-state index < -0.39 is 0 Å². The Kier molecular flexibility index (Phi) is 7.98. The van der Waals surface area contributed by atoms with Crippen molar-refractivity contribution in [2.24, 2.45) is 0 Å². The summed E-state index contributed by atoms with van der Waals surface area (Å²) in [4.78, 5) is 19.2. The van der Waals surface area contributed by atoms with Gasteiger partial charge in [0.05, 0.1) is 36.7 Å². The van der Waals surface area contributed by atoms with Gasteiger partial charge in [0.25, 0.3) is 0 Å². The number of nitrogens with zero attached hydrogens (tertiary/aromatic N) is 6. The SMILES string of the molecule is COc1ccccc1N(CCC#N)C(=O)CSc1nnc(-c2cccnc2)n1-c1ccc(C)cc1C. The first-order valence-corrected chi connectivity index (χ1v) is 12.4. The topological polar surface area (TPSA) is 96.9 Å². The summed E-state index contributed by atoms with van der Waals surface area (Å²) in [6, 6.07) is 19.4. The fourth-order valence-corrected chi connectivity index (χ4v) is 4.74. The summed E-state index contributed by atoms with van der Waals surface area (Å²) < 4.78 is 7.42. The van der Waals surface area contributed by atoms with Crippen LogP contribution in [-0.4, -0.2) is 45.1 Å². The molecule has 182 valence electrons. The summed E-state index contributed by atoms with van der Waals surface area (Å²) in [5.74, 6) is 1.18. The van der Waals surface area contributed by atoms with Crippen molar-refractivity contribution in [1.29, 1.82) is 5.26 Å². The van der Waals surface area contributed by atoms with Gasteiger partial charge in [-0.3, -0.25) is 14.3 Å². The van der Waals surface area contributed by atoms with E-state index >= 15 is 0 Å². The van der Waals surface area contributed by atoms with Crippen LogP contribution in [0, 0.1) is 25.2 Å². The lowest BCUT2D eigenvalue weighted by Gasteiger charge is -2.23. The van der Waals surface area contributed by atoms with Gasteiger partial charge in [0.15, 0.2) is 11.0 Å². The molecule has 0 N–H and O–H groups in total. The second-order valence-electron chi connectivity index (χ2n) is 8.09. The lowest BCUT2D eigenvalue weighted by atomic mass is 10.1. The monoisotopic (exact) mass is 498 g/mol. The first-order chi connectivity index (χ1) is 17.5. The first kappa shape index (κ1) is 24.9. The number of thioether (sulfide) groups is 1. The molecule has 9 heteroatoms. The minimum absolute atomic E-state index is 0.111. The van der Waals surface area contributed by atoms with Crippen molar-refractivity contribution in [2.45, 2.75) is 25.4 Å². The average molecular weight is 499 g/mol. The number of amides is 1. The van der Waals surface area contributed by atoms with Gasteiger partial charge < -0.3 is 9.64 Å². The highest BCUT2D eigenvalue weighted by Crippen LogP contribution is 2.32. The van der Waals surface area contributed by atoms with Crippen LogP contribution in [0.5, 0.6) is 5.75 Å². The molecular weight excluding hydrogens is 472 g/mol. The molecule has 2 aromatic carbocycles. The molecule has 0 fully saturated rings. The van der Waals surface area contributed by atoms with E-state index in [0.29, 0.717) is 22.4 Å². The predicted molar refractivity (Wildman–Crippen MR) is 140 cm³/mol. The minimum atomic E-state index is -0.155. The summed E-state index contributed by atoms with van der Waals surface area (Å²) >= 11 is 1.30. The van der Waals surface area contributed by atoms with Crippen LogP contribution < -0.4 is 9.64 Å². The van der Waals surface area contributed by atoms with E-state index in [9.17, 15) is 4.79 Å². The van der Waals surface area contributed by atoms with Crippen LogP contribution in [0.4, 0.5) is 5.69 Å². The Morgan fingerprint density at radius 1 is 1.14 bits per heavy atom. The third-order valence-electron chi connectivity index (χ3n) is 5.60. The molecule has 4 aromatic rings. The van der Waals surface area contributed by atoms with Crippen LogP contribution in [-0.2, 0) is 4.79 Å². The minimum Gasteiger partial charge on any atom is -0.495 e. The Hall–Kier alpha value is -4.16. The van der Waals surface area contributed by atoms with Gasteiger partial charge in [0, 0.05) is 24.5 Å². The Bertz CT molecular complexity index is 1400. The van der Waals surface area contributed by atoms with Crippen LogP contribution in [0.2, 0.25) is 0 Å². The number of aryl methyl sites for hydroxylation is 2. The molecule has 0 aliphatic rings. The summed E-state index contributed by atoms with van der Waals surface area (Å²) in [6.07, 6.45) is 3.66. The van der Waals surface area contributed by atoms with E-state index in [-0.39, 0.29) is 24.6 Å². The number of benzene rings is 2. The van der Waals surface area contributed by atoms with Crippen LogP contribution >= 0.6 is 11.8 Å². The Morgan fingerprint density at radius 3 is 2.69 bits per heavy atom. The van der Waals surface area contributed by atoms with Crippen molar-refractivity contribution < 1.29 is 9.53 Å². The Balaban J connectivity index is 1.67. The molecular formula is C27H26N6O2S. The van der Waals surface area contributed by atoms with Crippen molar-refractivity contribution >= 4 is 23.4 Å². The first-order valence-electron chi connectivity index (χ1n) is 11.4. The summed E-state index contributed by atoms with van der Waals surface area (Å²) in [6.45, 7) is 4.36. The van der Waals surface area contributed by atoms with Crippen molar-refractivity contribution in [3.63, 3.8) is 0 Å². The van der Waals surface area contributed by atoms with Crippen molar-refractivity contribution in [2.75, 3.05) is 24.3 Å².